The van der Waals surface area contributed by atoms with Crippen molar-refractivity contribution in [2.45, 2.75) is 33.1 Å². The number of carbonyl (C=O) groups excluding carboxylic acids is 2. The number of carbonyl (C=O) groups is 2. The van der Waals surface area contributed by atoms with Crippen LogP contribution < -0.4 is 9.47 Å². The van der Waals surface area contributed by atoms with Crippen LogP contribution in [0.25, 0.3) is 0 Å². The first-order valence-corrected chi connectivity index (χ1v) is 8.59. The molecule has 2 aromatic carbocycles. The Morgan fingerprint density at radius 2 is 1.19 bits per heavy atom. The molecule has 0 fully saturated rings. The van der Waals surface area contributed by atoms with Crippen molar-refractivity contribution in [3.05, 3.63) is 84.0 Å². The molecule has 0 heterocycles. The van der Waals surface area contributed by atoms with E-state index in [1.54, 1.807) is 12.1 Å². The zero-order valence-corrected chi connectivity index (χ0v) is 16.2. The lowest BCUT2D eigenvalue weighted by Gasteiger charge is -2.27. The molecule has 0 aliphatic heterocycles. The van der Waals surface area contributed by atoms with Crippen LogP contribution in [0, 0.1) is 13.8 Å². The van der Waals surface area contributed by atoms with E-state index in [0.29, 0.717) is 11.5 Å². The van der Waals surface area contributed by atoms with Crippen molar-refractivity contribution in [2.24, 2.45) is 0 Å². The lowest BCUT2D eigenvalue weighted by molar-refractivity contribution is -0.129. The van der Waals surface area contributed by atoms with Crippen LogP contribution in [0.4, 0.5) is 0 Å². The Morgan fingerprint density at radius 1 is 0.815 bits per heavy atom. The molecule has 0 aliphatic rings. The number of hydrogen-bond acceptors (Lipinski definition) is 4. The van der Waals surface area contributed by atoms with Crippen molar-refractivity contribution in [3.8, 4) is 11.5 Å². The minimum Gasteiger partial charge on any atom is -0.423 e. The maximum atomic E-state index is 11.4. The summed E-state index contributed by atoms with van der Waals surface area (Å²) in [6, 6.07) is 11.5. The van der Waals surface area contributed by atoms with Crippen molar-refractivity contribution in [2.75, 3.05) is 0 Å². The SMILES string of the molecule is C=CC(=O)Oc1ccc(C(C)(C)c2ccc(OC(=O)C=C)c(C)c2)cc1C. The average molecular weight is 364 g/mol. The van der Waals surface area contributed by atoms with Gasteiger partial charge in [0.1, 0.15) is 11.5 Å². The summed E-state index contributed by atoms with van der Waals surface area (Å²) in [6.45, 7) is 14.8. The summed E-state index contributed by atoms with van der Waals surface area (Å²) in [5, 5.41) is 0. The van der Waals surface area contributed by atoms with Crippen molar-refractivity contribution >= 4 is 11.9 Å². The first-order valence-electron chi connectivity index (χ1n) is 8.59. The van der Waals surface area contributed by atoms with Gasteiger partial charge in [0.05, 0.1) is 0 Å². The molecule has 27 heavy (non-hydrogen) atoms. The molecule has 0 amide bonds. The lowest BCUT2D eigenvalue weighted by Crippen LogP contribution is -2.19. The third-order valence-electron chi connectivity index (χ3n) is 4.55. The van der Waals surface area contributed by atoms with E-state index >= 15 is 0 Å². The Labute approximate surface area is 160 Å². The summed E-state index contributed by atoms with van der Waals surface area (Å²) >= 11 is 0. The van der Waals surface area contributed by atoms with Crippen LogP contribution in [-0.2, 0) is 15.0 Å². The minimum atomic E-state index is -0.481. The molecule has 0 aliphatic carbocycles. The third kappa shape index (κ3) is 4.53. The van der Waals surface area contributed by atoms with E-state index in [1.807, 2.05) is 38.1 Å². The number of esters is 2. The minimum absolute atomic E-state index is 0.294. The second kappa shape index (κ2) is 8.04. The number of rotatable bonds is 6. The van der Waals surface area contributed by atoms with Crippen molar-refractivity contribution in [1.82, 2.24) is 0 Å². The van der Waals surface area contributed by atoms with Crippen LogP contribution in [-0.4, -0.2) is 11.9 Å². The van der Waals surface area contributed by atoms with Gasteiger partial charge in [0.25, 0.3) is 0 Å². The highest BCUT2D eigenvalue weighted by atomic mass is 16.5. The first-order chi connectivity index (χ1) is 12.7. The van der Waals surface area contributed by atoms with Crippen molar-refractivity contribution in [1.29, 1.82) is 0 Å². The van der Waals surface area contributed by atoms with E-state index in [9.17, 15) is 9.59 Å². The maximum absolute atomic E-state index is 11.4. The highest BCUT2D eigenvalue weighted by molar-refractivity contribution is 5.84. The normalized spacial score (nSPS) is 10.8. The van der Waals surface area contributed by atoms with Gasteiger partial charge in [-0.25, -0.2) is 9.59 Å². The smallest absolute Gasteiger partial charge is 0.335 e. The second-order valence-corrected chi connectivity index (χ2v) is 6.84. The molecule has 0 saturated heterocycles. The van der Waals surface area contributed by atoms with Gasteiger partial charge in [-0.15, -0.1) is 0 Å². The standard InChI is InChI=1S/C23H24O4/c1-7-21(24)26-19-11-9-17(13-15(19)3)23(5,6)18-10-12-20(16(4)14-18)27-22(25)8-2/h7-14H,1-2H2,3-6H3. The van der Waals surface area contributed by atoms with E-state index in [4.69, 9.17) is 9.47 Å². The Bertz CT molecular complexity index is 833. The molecule has 0 saturated carbocycles. The highest BCUT2D eigenvalue weighted by Gasteiger charge is 2.25. The zero-order chi connectivity index (χ0) is 20.2. The van der Waals surface area contributed by atoms with Gasteiger partial charge in [0.2, 0.25) is 0 Å². The molecule has 4 nitrogen and oxygen atoms in total. The van der Waals surface area contributed by atoms with Gasteiger partial charge in [-0.05, 0) is 48.2 Å². The van der Waals surface area contributed by atoms with Crippen LogP contribution in [0.5, 0.6) is 11.5 Å². The molecular weight excluding hydrogens is 340 g/mol. The fourth-order valence-electron chi connectivity index (χ4n) is 2.77. The highest BCUT2D eigenvalue weighted by Crippen LogP contribution is 2.35. The molecular formula is C23H24O4. The molecule has 0 aromatic heterocycles. The number of benzene rings is 2. The van der Waals surface area contributed by atoms with Crippen LogP contribution >= 0.6 is 0 Å². The second-order valence-electron chi connectivity index (χ2n) is 6.84. The molecule has 0 atom stereocenters. The number of hydrogen-bond donors (Lipinski definition) is 0. The topological polar surface area (TPSA) is 52.6 Å². The predicted octanol–water partition coefficient (Wildman–Crippen LogP) is 4.81. The van der Waals surface area contributed by atoms with E-state index in [-0.39, 0.29) is 5.41 Å². The summed E-state index contributed by atoms with van der Waals surface area (Å²) in [7, 11) is 0. The first kappa shape index (κ1) is 20.2. The largest absolute Gasteiger partial charge is 0.423 e. The fraction of sp³-hybridized carbons (Fsp3) is 0.217. The molecule has 140 valence electrons. The average Bonchev–Trinajstić information content (AvgIpc) is 2.64. The molecule has 0 unspecified atom stereocenters. The van der Waals surface area contributed by atoms with Crippen LogP contribution in [0.15, 0.2) is 61.7 Å². The Balaban J connectivity index is 2.34. The molecule has 2 aromatic rings. The van der Waals surface area contributed by atoms with Crippen molar-refractivity contribution < 1.29 is 19.1 Å². The van der Waals surface area contributed by atoms with Gasteiger partial charge in [0.15, 0.2) is 0 Å². The van der Waals surface area contributed by atoms with Gasteiger partial charge in [-0.1, -0.05) is 51.3 Å². The quantitative estimate of drug-likeness (QED) is 0.419. The molecule has 0 spiro atoms. The van der Waals surface area contributed by atoms with Gasteiger partial charge in [-0.3, -0.25) is 0 Å². The van der Waals surface area contributed by atoms with Gasteiger partial charge in [-0.2, -0.15) is 0 Å². The van der Waals surface area contributed by atoms with Crippen LogP contribution in [0.1, 0.15) is 36.1 Å². The molecule has 0 bridgehead atoms. The summed E-state index contributed by atoms with van der Waals surface area (Å²) in [4.78, 5) is 22.8. The molecule has 0 radical (unpaired) electrons. The fourth-order valence-corrected chi connectivity index (χ4v) is 2.77. The third-order valence-corrected chi connectivity index (χ3v) is 4.55. The zero-order valence-electron chi connectivity index (χ0n) is 16.2. The van der Waals surface area contributed by atoms with E-state index in [1.165, 1.54) is 0 Å². The summed E-state index contributed by atoms with van der Waals surface area (Å²) in [6.07, 6.45) is 2.28. The van der Waals surface area contributed by atoms with E-state index < -0.39 is 11.9 Å². The Hall–Kier alpha value is -3.14. The Kier molecular flexibility index (Phi) is 6.01. The van der Waals surface area contributed by atoms with Crippen molar-refractivity contribution in [3.63, 3.8) is 0 Å². The number of aryl methyl sites for hydroxylation is 2. The summed E-state index contributed by atoms with van der Waals surface area (Å²) in [5.74, 6) is 0.0698. The number of ether oxygens (including phenoxy) is 2. The van der Waals surface area contributed by atoms with Gasteiger partial charge < -0.3 is 9.47 Å². The summed E-state index contributed by atoms with van der Waals surface area (Å²) < 4.78 is 10.5. The molecule has 4 heteroatoms. The lowest BCUT2D eigenvalue weighted by atomic mass is 9.77. The van der Waals surface area contributed by atoms with Gasteiger partial charge >= 0.3 is 11.9 Å². The molecule has 2 rings (SSSR count). The van der Waals surface area contributed by atoms with Crippen LogP contribution in [0.2, 0.25) is 0 Å². The molecule has 0 N–H and O–H groups in total. The monoisotopic (exact) mass is 364 g/mol. The van der Waals surface area contributed by atoms with Gasteiger partial charge in [0, 0.05) is 17.6 Å². The predicted molar refractivity (Wildman–Crippen MR) is 106 cm³/mol. The summed E-state index contributed by atoms with van der Waals surface area (Å²) in [5.41, 5.74) is 3.59. The Morgan fingerprint density at radius 3 is 1.48 bits per heavy atom. The van der Waals surface area contributed by atoms with E-state index in [0.717, 1.165) is 34.4 Å². The van der Waals surface area contributed by atoms with E-state index in [2.05, 4.69) is 27.0 Å². The van der Waals surface area contributed by atoms with Crippen LogP contribution in [0.3, 0.4) is 0 Å². The maximum Gasteiger partial charge on any atom is 0.335 e.